The predicted octanol–water partition coefficient (Wildman–Crippen LogP) is 4.21. The molecular weight excluding hydrogens is 326 g/mol. The number of fused-ring (bicyclic) bond motifs is 3. The van der Waals surface area contributed by atoms with E-state index >= 15 is 0 Å². The molecule has 2 aliphatic heterocycles. The minimum atomic E-state index is -0.0991. The first kappa shape index (κ1) is 15.2. The van der Waals surface area contributed by atoms with Crippen LogP contribution in [0.1, 0.15) is 34.9 Å². The van der Waals surface area contributed by atoms with Crippen LogP contribution in [0, 0.1) is 0 Å². The van der Waals surface area contributed by atoms with Gasteiger partial charge < -0.3 is 10.2 Å². The number of para-hydroxylation sites is 2. The molecule has 26 heavy (non-hydrogen) atoms. The van der Waals surface area contributed by atoms with Gasteiger partial charge in [-0.05, 0) is 36.6 Å². The molecule has 2 aliphatic rings. The number of hydrogen-bond donors (Lipinski definition) is 1. The van der Waals surface area contributed by atoms with Gasteiger partial charge in [0.1, 0.15) is 0 Å². The minimum Gasteiger partial charge on any atom is -0.316 e. The molecule has 1 atom stereocenters. The van der Waals surface area contributed by atoms with Gasteiger partial charge in [0.05, 0.1) is 17.3 Å². The van der Waals surface area contributed by atoms with Gasteiger partial charge in [0, 0.05) is 24.0 Å². The van der Waals surface area contributed by atoms with Crippen molar-refractivity contribution < 1.29 is 9.59 Å². The fraction of sp³-hybridized carbons (Fsp3) is 0.238. The van der Waals surface area contributed by atoms with Crippen LogP contribution in [0.3, 0.4) is 0 Å². The number of aromatic nitrogens is 1. The quantitative estimate of drug-likeness (QED) is 0.718. The molecule has 0 fully saturated rings. The molecular formula is C21H19N3O2. The third kappa shape index (κ3) is 2.17. The number of rotatable bonds is 1. The number of benzene rings is 2. The average Bonchev–Trinajstić information content (AvgIpc) is 3.02. The van der Waals surface area contributed by atoms with Crippen LogP contribution in [0.5, 0.6) is 0 Å². The summed E-state index contributed by atoms with van der Waals surface area (Å²) in [5, 5.41) is 4.13. The van der Waals surface area contributed by atoms with Crippen LogP contribution in [0.15, 0.2) is 54.6 Å². The summed E-state index contributed by atoms with van der Waals surface area (Å²) in [6.45, 7) is 0.665. The van der Waals surface area contributed by atoms with Crippen LogP contribution >= 0.6 is 0 Å². The normalized spacial score (nSPS) is 18.7. The van der Waals surface area contributed by atoms with Crippen molar-refractivity contribution in [3.8, 4) is 0 Å². The first-order valence-corrected chi connectivity index (χ1v) is 9.02. The second kappa shape index (κ2) is 5.73. The van der Waals surface area contributed by atoms with Gasteiger partial charge in [0.2, 0.25) is 5.91 Å². The predicted molar refractivity (Wildman–Crippen MR) is 100 cm³/mol. The van der Waals surface area contributed by atoms with Crippen molar-refractivity contribution in [2.24, 2.45) is 0 Å². The molecule has 0 saturated heterocycles. The van der Waals surface area contributed by atoms with Crippen molar-refractivity contribution >= 4 is 28.5 Å². The molecule has 2 aromatic carbocycles. The van der Waals surface area contributed by atoms with Gasteiger partial charge in [-0.15, -0.1) is 0 Å². The van der Waals surface area contributed by atoms with Crippen LogP contribution < -0.4 is 5.32 Å². The SMILES string of the molecule is O=C(Nc1ccccc1)N1CCc2c3n(c4ccccc24)C(=O)CCC31. The molecule has 130 valence electrons. The summed E-state index contributed by atoms with van der Waals surface area (Å²) in [4.78, 5) is 27.4. The van der Waals surface area contributed by atoms with E-state index in [9.17, 15) is 9.59 Å². The minimum absolute atomic E-state index is 0.0486. The highest BCUT2D eigenvalue weighted by Crippen LogP contribution is 2.42. The summed E-state index contributed by atoms with van der Waals surface area (Å²) in [6.07, 6.45) is 1.92. The monoisotopic (exact) mass is 345 g/mol. The number of amides is 2. The Kier molecular flexibility index (Phi) is 3.35. The topological polar surface area (TPSA) is 54.3 Å². The first-order valence-electron chi connectivity index (χ1n) is 9.02. The van der Waals surface area contributed by atoms with E-state index in [1.807, 2.05) is 58.0 Å². The largest absolute Gasteiger partial charge is 0.322 e. The number of anilines is 1. The summed E-state index contributed by atoms with van der Waals surface area (Å²) in [6, 6.07) is 17.4. The molecule has 2 amide bonds. The van der Waals surface area contributed by atoms with Crippen LogP contribution in [-0.2, 0) is 6.42 Å². The van der Waals surface area contributed by atoms with Gasteiger partial charge in [-0.25, -0.2) is 4.79 Å². The van der Waals surface area contributed by atoms with E-state index in [-0.39, 0.29) is 18.0 Å². The van der Waals surface area contributed by atoms with E-state index < -0.39 is 0 Å². The molecule has 5 nitrogen and oxygen atoms in total. The molecule has 1 aromatic heterocycles. The number of nitrogens with zero attached hydrogens (tertiary/aromatic N) is 2. The Labute approximate surface area is 151 Å². The zero-order valence-corrected chi connectivity index (χ0v) is 14.3. The van der Waals surface area contributed by atoms with Crippen LogP contribution in [-0.4, -0.2) is 28.0 Å². The first-order chi connectivity index (χ1) is 12.7. The molecule has 3 heterocycles. The number of carbonyl (C=O) groups is 2. The lowest BCUT2D eigenvalue weighted by molar-refractivity contribution is 0.0837. The molecule has 0 aliphatic carbocycles. The van der Waals surface area contributed by atoms with Gasteiger partial charge in [-0.3, -0.25) is 9.36 Å². The van der Waals surface area contributed by atoms with Gasteiger partial charge in [0.25, 0.3) is 0 Å². The summed E-state index contributed by atoms with van der Waals surface area (Å²) < 4.78 is 1.85. The smallest absolute Gasteiger partial charge is 0.316 e. The second-order valence-corrected chi connectivity index (χ2v) is 6.90. The zero-order valence-electron chi connectivity index (χ0n) is 14.3. The summed E-state index contributed by atoms with van der Waals surface area (Å²) in [5.41, 5.74) is 3.99. The number of nitrogens with one attached hydrogen (secondary N) is 1. The van der Waals surface area contributed by atoms with E-state index in [4.69, 9.17) is 0 Å². The van der Waals surface area contributed by atoms with Crippen LogP contribution in [0.25, 0.3) is 10.9 Å². The molecule has 3 aromatic rings. The third-order valence-electron chi connectivity index (χ3n) is 5.48. The highest BCUT2D eigenvalue weighted by molar-refractivity contribution is 5.98. The number of hydrogen-bond acceptors (Lipinski definition) is 2. The fourth-order valence-corrected chi connectivity index (χ4v) is 4.37. The molecule has 1 N–H and O–H groups in total. The van der Waals surface area contributed by atoms with Crippen molar-refractivity contribution in [3.05, 3.63) is 65.9 Å². The standard InChI is InChI=1S/C21H19N3O2/c25-19-11-10-18-20-16(15-8-4-5-9-17(15)24(19)20)12-13-23(18)21(26)22-14-6-2-1-3-7-14/h1-9,18H,10-13H2,(H,22,26). The summed E-state index contributed by atoms with van der Waals surface area (Å²) in [7, 11) is 0. The summed E-state index contributed by atoms with van der Waals surface area (Å²) in [5.74, 6) is 0.129. The lowest BCUT2D eigenvalue weighted by Crippen LogP contribution is -2.45. The lowest BCUT2D eigenvalue weighted by Gasteiger charge is -2.38. The van der Waals surface area contributed by atoms with Gasteiger partial charge in [-0.2, -0.15) is 0 Å². The average molecular weight is 345 g/mol. The maximum absolute atomic E-state index is 12.9. The number of carbonyl (C=O) groups excluding carboxylic acids is 2. The molecule has 0 spiro atoms. The van der Waals surface area contributed by atoms with Crippen LogP contribution in [0.4, 0.5) is 10.5 Å². The van der Waals surface area contributed by atoms with Gasteiger partial charge >= 0.3 is 6.03 Å². The van der Waals surface area contributed by atoms with Crippen molar-refractivity contribution in [1.29, 1.82) is 0 Å². The Morgan fingerprint density at radius 3 is 2.62 bits per heavy atom. The van der Waals surface area contributed by atoms with Crippen molar-refractivity contribution in [3.63, 3.8) is 0 Å². The maximum Gasteiger partial charge on any atom is 0.322 e. The highest BCUT2D eigenvalue weighted by Gasteiger charge is 2.39. The molecule has 0 bridgehead atoms. The van der Waals surface area contributed by atoms with E-state index in [1.165, 1.54) is 5.56 Å². The maximum atomic E-state index is 12.9. The Bertz CT molecular complexity index is 1020. The Hall–Kier alpha value is -3.08. The zero-order chi connectivity index (χ0) is 17.7. The van der Waals surface area contributed by atoms with E-state index in [2.05, 4.69) is 11.4 Å². The van der Waals surface area contributed by atoms with E-state index in [0.29, 0.717) is 19.4 Å². The van der Waals surface area contributed by atoms with Crippen molar-refractivity contribution in [2.45, 2.75) is 25.3 Å². The Balaban J connectivity index is 1.56. The van der Waals surface area contributed by atoms with Crippen molar-refractivity contribution in [2.75, 3.05) is 11.9 Å². The molecule has 0 saturated carbocycles. The van der Waals surface area contributed by atoms with Crippen molar-refractivity contribution in [1.82, 2.24) is 9.47 Å². The molecule has 1 unspecified atom stereocenters. The third-order valence-corrected chi connectivity index (χ3v) is 5.48. The fourth-order valence-electron chi connectivity index (χ4n) is 4.37. The number of urea groups is 1. The highest BCUT2D eigenvalue weighted by atomic mass is 16.2. The molecule has 5 rings (SSSR count). The van der Waals surface area contributed by atoms with Gasteiger partial charge in [0.15, 0.2) is 0 Å². The van der Waals surface area contributed by atoms with E-state index in [1.54, 1.807) is 0 Å². The lowest BCUT2D eigenvalue weighted by atomic mass is 9.92. The second-order valence-electron chi connectivity index (χ2n) is 6.90. The molecule has 5 heteroatoms. The Morgan fingerprint density at radius 1 is 1.00 bits per heavy atom. The van der Waals surface area contributed by atoms with Crippen LogP contribution in [0.2, 0.25) is 0 Å². The van der Waals surface area contributed by atoms with Gasteiger partial charge in [-0.1, -0.05) is 36.4 Å². The Morgan fingerprint density at radius 2 is 1.77 bits per heavy atom. The summed E-state index contributed by atoms with van der Waals surface area (Å²) >= 11 is 0. The molecule has 0 radical (unpaired) electrons. The van der Waals surface area contributed by atoms with E-state index in [0.717, 1.165) is 28.7 Å².